The standard InChI is InChI=1S/C24H21N5O2/c1-16-25-21-13-17(6-11-22(21)28(16)2)24(30)27-18-7-9-20(10-8-18)31-15-19-14-29-12-4-3-5-23(29)26-19/h3-14H,15H2,1-2H3,(H,27,30). The van der Waals surface area contributed by atoms with E-state index in [1.54, 1.807) is 0 Å². The van der Waals surface area contributed by atoms with Crippen molar-refractivity contribution in [3.05, 3.63) is 90.1 Å². The number of ether oxygens (including phenoxy) is 1. The highest BCUT2D eigenvalue weighted by Gasteiger charge is 2.11. The number of aromatic nitrogens is 4. The highest BCUT2D eigenvalue weighted by molar-refractivity contribution is 6.06. The van der Waals surface area contributed by atoms with Crippen LogP contribution in [0.3, 0.4) is 0 Å². The van der Waals surface area contributed by atoms with Gasteiger partial charge in [-0.3, -0.25) is 4.79 Å². The van der Waals surface area contributed by atoms with Crippen molar-refractivity contribution in [1.29, 1.82) is 0 Å². The van der Waals surface area contributed by atoms with Gasteiger partial charge < -0.3 is 19.0 Å². The zero-order valence-electron chi connectivity index (χ0n) is 17.2. The molecule has 0 radical (unpaired) electrons. The Morgan fingerprint density at radius 1 is 1.06 bits per heavy atom. The van der Waals surface area contributed by atoms with Crippen LogP contribution in [0.15, 0.2) is 73.1 Å². The SMILES string of the molecule is Cc1nc2cc(C(=O)Nc3ccc(OCc4cn5ccccc5n4)cc3)ccc2n1C. The van der Waals surface area contributed by atoms with Gasteiger partial charge in [0.15, 0.2) is 0 Å². The van der Waals surface area contributed by atoms with Crippen LogP contribution in [-0.4, -0.2) is 24.8 Å². The average Bonchev–Trinajstić information content (AvgIpc) is 3.33. The molecule has 0 fully saturated rings. The zero-order valence-corrected chi connectivity index (χ0v) is 17.2. The first-order chi connectivity index (χ1) is 15.1. The Balaban J connectivity index is 1.24. The van der Waals surface area contributed by atoms with E-state index in [9.17, 15) is 4.79 Å². The van der Waals surface area contributed by atoms with E-state index in [0.29, 0.717) is 23.6 Å². The maximum atomic E-state index is 12.6. The van der Waals surface area contributed by atoms with Gasteiger partial charge in [-0.05, 0) is 61.5 Å². The zero-order chi connectivity index (χ0) is 21.4. The fraction of sp³-hybridized carbons (Fsp3) is 0.125. The molecular formula is C24H21N5O2. The summed E-state index contributed by atoms with van der Waals surface area (Å²) < 4.78 is 9.79. The van der Waals surface area contributed by atoms with E-state index >= 15 is 0 Å². The number of fused-ring (bicyclic) bond motifs is 2. The van der Waals surface area contributed by atoms with Gasteiger partial charge in [-0.25, -0.2) is 9.97 Å². The molecule has 5 rings (SSSR count). The summed E-state index contributed by atoms with van der Waals surface area (Å²) in [5.41, 5.74) is 4.81. The minimum Gasteiger partial charge on any atom is -0.487 e. The molecule has 0 saturated heterocycles. The number of rotatable bonds is 5. The van der Waals surface area contributed by atoms with E-state index in [-0.39, 0.29) is 5.91 Å². The van der Waals surface area contributed by atoms with Crippen molar-refractivity contribution >= 4 is 28.3 Å². The molecule has 5 aromatic rings. The first-order valence-corrected chi connectivity index (χ1v) is 9.97. The highest BCUT2D eigenvalue weighted by atomic mass is 16.5. The minimum atomic E-state index is -0.177. The summed E-state index contributed by atoms with van der Waals surface area (Å²) >= 11 is 0. The molecule has 2 aromatic carbocycles. The van der Waals surface area contributed by atoms with Gasteiger partial charge in [0, 0.05) is 30.7 Å². The molecule has 7 heteroatoms. The maximum absolute atomic E-state index is 12.6. The number of nitrogens with one attached hydrogen (secondary N) is 1. The normalized spacial score (nSPS) is 11.2. The number of carbonyl (C=O) groups excluding carboxylic acids is 1. The minimum absolute atomic E-state index is 0.177. The van der Waals surface area contributed by atoms with Crippen LogP contribution in [0.1, 0.15) is 21.9 Å². The maximum Gasteiger partial charge on any atom is 0.255 e. The first kappa shape index (κ1) is 18.9. The van der Waals surface area contributed by atoms with Crippen LogP contribution in [0.5, 0.6) is 5.75 Å². The van der Waals surface area contributed by atoms with Gasteiger partial charge >= 0.3 is 0 Å². The smallest absolute Gasteiger partial charge is 0.255 e. The van der Waals surface area contributed by atoms with Crippen LogP contribution in [0.4, 0.5) is 5.69 Å². The number of nitrogens with zero attached hydrogens (tertiary/aromatic N) is 4. The molecule has 3 aromatic heterocycles. The highest BCUT2D eigenvalue weighted by Crippen LogP contribution is 2.20. The van der Waals surface area contributed by atoms with Crippen molar-refractivity contribution in [2.45, 2.75) is 13.5 Å². The molecule has 0 aliphatic heterocycles. The predicted octanol–water partition coefficient (Wildman–Crippen LogP) is 4.36. The van der Waals surface area contributed by atoms with Crippen LogP contribution in [0.25, 0.3) is 16.7 Å². The van der Waals surface area contributed by atoms with E-state index in [1.165, 1.54) is 0 Å². The third-order valence-corrected chi connectivity index (χ3v) is 5.28. The first-order valence-electron chi connectivity index (χ1n) is 9.97. The molecule has 31 heavy (non-hydrogen) atoms. The summed E-state index contributed by atoms with van der Waals surface area (Å²) in [7, 11) is 1.96. The Morgan fingerprint density at radius 3 is 2.71 bits per heavy atom. The molecular weight excluding hydrogens is 390 g/mol. The Kier molecular flexibility index (Phi) is 4.63. The molecule has 0 spiro atoms. The molecule has 0 aliphatic rings. The molecule has 3 heterocycles. The average molecular weight is 411 g/mol. The van der Waals surface area contributed by atoms with Crippen molar-refractivity contribution < 1.29 is 9.53 Å². The molecule has 1 N–H and O–H groups in total. The van der Waals surface area contributed by atoms with Crippen LogP contribution in [0, 0.1) is 6.92 Å². The molecule has 0 bridgehead atoms. The van der Waals surface area contributed by atoms with Crippen molar-refractivity contribution in [3.63, 3.8) is 0 Å². The third-order valence-electron chi connectivity index (χ3n) is 5.28. The Hall–Kier alpha value is -4.13. The largest absolute Gasteiger partial charge is 0.487 e. The number of hydrogen-bond acceptors (Lipinski definition) is 4. The number of hydrogen-bond donors (Lipinski definition) is 1. The monoisotopic (exact) mass is 411 g/mol. The molecule has 7 nitrogen and oxygen atoms in total. The summed E-state index contributed by atoms with van der Waals surface area (Å²) in [6, 6.07) is 18.7. The Bertz CT molecular complexity index is 1370. The number of aryl methyl sites for hydroxylation is 2. The lowest BCUT2D eigenvalue weighted by molar-refractivity contribution is 0.102. The molecule has 0 saturated carbocycles. The third kappa shape index (κ3) is 3.73. The second-order valence-corrected chi connectivity index (χ2v) is 7.39. The predicted molar refractivity (Wildman–Crippen MR) is 119 cm³/mol. The van der Waals surface area contributed by atoms with E-state index in [4.69, 9.17) is 4.74 Å². The number of anilines is 1. The van der Waals surface area contributed by atoms with Gasteiger partial charge in [-0.15, -0.1) is 0 Å². The Morgan fingerprint density at radius 2 is 1.90 bits per heavy atom. The van der Waals surface area contributed by atoms with Crippen LogP contribution >= 0.6 is 0 Å². The number of amides is 1. The van der Waals surface area contributed by atoms with Crippen LogP contribution < -0.4 is 10.1 Å². The number of pyridine rings is 1. The Labute approximate surface area is 178 Å². The summed E-state index contributed by atoms with van der Waals surface area (Å²) in [6.45, 7) is 2.31. The molecule has 0 atom stereocenters. The van der Waals surface area contributed by atoms with Crippen molar-refractivity contribution in [2.75, 3.05) is 5.32 Å². The van der Waals surface area contributed by atoms with Crippen LogP contribution in [0.2, 0.25) is 0 Å². The lowest BCUT2D eigenvalue weighted by atomic mass is 10.2. The summed E-state index contributed by atoms with van der Waals surface area (Å²) in [4.78, 5) is 21.7. The van der Waals surface area contributed by atoms with E-state index < -0.39 is 0 Å². The second kappa shape index (κ2) is 7.60. The summed E-state index contributed by atoms with van der Waals surface area (Å²) in [5.74, 6) is 1.44. The van der Waals surface area contributed by atoms with E-state index in [1.807, 2.05) is 96.0 Å². The quantitative estimate of drug-likeness (QED) is 0.466. The summed E-state index contributed by atoms with van der Waals surface area (Å²) in [5, 5.41) is 2.92. The fourth-order valence-corrected chi connectivity index (χ4v) is 3.51. The molecule has 0 unspecified atom stereocenters. The van der Waals surface area contributed by atoms with E-state index in [0.717, 1.165) is 28.2 Å². The van der Waals surface area contributed by atoms with Gasteiger partial charge in [0.05, 0.1) is 16.7 Å². The topological polar surface area (TPSA) is 73.4 Å². The second-order valence-electron chi connectivity index (χ2n) is 7.39. The number of imidazole rings is 2. The molecule has 0 aliphatic carbocycles. The van der Waals surface area contributed by atoms with E-state index in [2.05, 4.69) is 15.3 Å². The van der Waals surface area contributed by atoms with Crippen molar-refractivity contribution in [3.8, 4) is 5.75 Å². The fourth-order valence-electron chi connectivity index (χ4n) is 3.51. The lowest BCUT2D eigenvalue weighted by Crippen LogP contribution is -2.11. The molecule has 1 amide bonds. The van der Waals surface area contributed by atoms with Crippen molar-refractivity contribution in [2.24, 2.45) is 7.05 Å². The number of carbonyl (C=O) groups is 1. The van der Waals surface area contributed by atoms with Gasteiger partial charge in [-0.1, -0.05) is 6.07 Å². The van der Waals surface area contributed by atoms with Gasteiger partial charge in [-0.2, -0.15) is 0 Å². The summed E-state index contributed by atoms with van der Waals surface area (Å²) in [6.07, 6.45) is 3.90. The lowest BCUT2D eigenvalue weighted by Gasteiger charge is -2.08. The van der Waals surface area contributed by atoms with Crippen LogP contribution in [-0.2, 0) is 13.7 Å². The van der Waals surface area contributed by atoms with Crippen molar-refractivity contribution in [1.82, 2.24) is 18.9 Å². The van der Waals surface area contributed by atoms with Gasteiger partial charge in [0.1, 0.15) is 23.8 Å². The van der Waals surface area contributed by atoms with Gasteiger partial charge in [0.2, 0.25) is 0 Å². The van der Waals surface area contributed by atoms with Gasteiger partial charge in [0.25, 0.3) is 5.91 Å². The number of benzene rings is 2. The molecule has 154 valence electrons.